The van der Waals surface area contributed by atoms with E-state index in [2.05, 4.69) is 28.3 Å². The van der Waals surface area contributed by atoms with E-state index in [1.54, 1.807) is 24.3 Å². The van der Waals surface area contributed by atoms with Crippen molar-refractivity contribution in [3.63, 3.8) is 0 Å². The molecule has 0 bridgehead atoms. The van der Waals surface area contributed by atoms with Crippen LogP contribution in [-0.2, 0) is 4.84 Å². The van der Waals surface area contributed by atoms with E-state index in [1.807, 2.05) is 44.2 Å². The number of amidine groups is 1. The zero-order chi connectivity index (χ0) is 21.6. The molecule has 156 valence electrons. The summed E-state index contributed by atoms with van der Waals surface area (Å²) >= 11 is 0. The highest BCUT2D eigenvalue weighted by atomic mass is 16.8. The van der Waals surface area contributed by atoms with Gasteiger partial charge in [-0.3, -0.25) is 9.89 Å². The molecular weight excluding hydrogens is 392 g/mol. The average molecular weight is 414 g/mol. The van der Waals surface area contributed by atoms with Gasteiger partial charge in [0.1, 0.15) is 0 Å². The van der Waals surface area contributed by atoms with Crippen molar-refractivity contribution in [2.24, 2.45) is 10.1 Å². The minimum absolute atomic E-state index is 0.229. The van der Waals surface area contributed by atoms with Crippen LogP contribution in [0.15, 0.2) is 82.9 Å². The first-order valence-electron chi connectivity index (χ1n) is 10.1. The molecule has 5 rings (SSSR count). The number of nitrogens with one attached hydrogen (secondary N) is 1. The summed E-state index contributed by atoms with van der Waals surface area (Å²) in [5.41, 5.74) is 5.08. The van der Waals surface area contributed by atoms with E-state index in [1.165, 1.54) is 0 Å². The summed E-state index contributed by atoms with van der Waals surface area (Å²) < 4.78 is 0. The van der Waals surface area contributed by atoms with Crippen LogP contribution in [0.3, 0.4) is 0 Å². The number of aliphatic imine (C=N–C) groups is 1. The van der Waals surface area contributed by atoms with Gasteiger partial charge in [-0.25, -0.2) is 5.21 Å². The molecule has 3 aromatic carbocycles. The van der Waals surface area contributed by atoms with E-state index in [9.17, 15) is 10.4 Å². The molecule has 0 radical (unpaired) electrons. The molecule has 2 heterocycles. The van der Waals surface area contributed by atoms with E-state index < -0.39 is 11.0 Å². The number of nitrogens with zero attached hydrogens (tertiary/aromatic N) is 3. The number of aryl methyl sites for hydroxylation is 1. The Labute approximate surface area is 180 Å². The van der Waals surface area contributed by atoms with Crippen LogP contribution < -0.4 is 10.1 Å². The molecule has 7 nitrogen and oxygen atoms in total. The maximum absolute atomic E-state index is 11.2. The van der Waals surface area contributed by atoms with E-state index in [0.29, 0.717) is 12.3 Å². The van der Waals surface area contributed by atoms with Crippen molar-refractivity contribution >= 4 is 28.6 Å². The van der Waals surface area contributed by atoms with E-state index in [4.69, 9.17) is 9.83 Å². The molecule has 0 spiro atoms. The third-order valence-electron chi connectivity index (χ3n) is 5.63. The number of fused-ring (bicyclic) bond motifs is 3. The van der Waals surface area contributed by atoms with Crippen LogP contribution in [0.1, 0.15) is 30.0 Å². The SMILES string of the molecule is Cc1ccc2c(c1)N=C(c1ccccc1)CC1(C)ON=C(c3ccc([NH+]([O-])O)cc3)N21. The van der Waals surface area contributed by atoms with Crippen LogP contribution in [0.25, 0.3) is 0 Å². The quantitative estimate of drug-likeness (QED) is 0.638. The maximum atomic E-state index is 11.2. The number of quaternary nitrogens is 1. The van der Waals surface area contributed by atoms with Gasteiger partial charge in [-0.15, -0.1) is 0 Å². The van der Waals surface area contributed by atoms with Crippen LogP contribution in [0.5, 0.6) is 0 Å². The van der Waals surface area contributed by atoms with Gasteiger partial charge in [0.2, 0.25) is 5.72 Å². The van der Waals surface area contributed by atoms with Crippen molar-refractivity contribution in [2.75, 3.05) is 4.90 Å². The topological polar surface area (TPSA) is 84.9 Å². The molecule has 31 heavy (non-hydrogen) atoms. The molecule has 0 fully saturated rings. The van der Waals surface area contributed by atoms with Crippen LogP contribution in [0.4, 0.5) is 17.1 Å². The van der Waals surface area contributed by atoms with Gasteiger partial charge in [-0.1, -0.05) is 41.6 Å². The molecule has 2 atom stereocenters. The fraction of sp³-hybridized carbons (Fsp3) is 0.167. The van der Waals surface area contributed by atoms with Gasteiger partial charge in [0, 0.05) is 17.7 Å². The molecule has 7 heteroatoms. The standard InChI is InChI=1S/C24H22N4O3/c1-16-8-13-22-20(14-16)25-21(17-6-4-3-5-7-17)15-24(2)27(22)23(26-31-24)18-9-11-19(12-10-18)28(29)30/h3-14,28-29H,15H2,1-2H3. The summed E-state index contributed by atoms with van der Waals surface area (Å²) in [5.74, 6) is 0.633. The smallest absolute Gasteiger partial charge is 0.218 e. The highest BCUT2D eigenvalue weighted by Crippen LogP contribution is 2.44. The van der Waals surface area contributed by atoms with Gasteiger partial charge < -0.3 is 10.0 Å². The fourth-order valence-corrected chi connectivity index (χ4v) is 4.08. The monoisotopic (exact) mass is 414 g/mol. The largest absolute Gasteiger partial charge is 0.595 e. The lowest BCUT2D eigenvalue weighted by atomic mass is 9.99. The summed E-state index contributed by atoms with van der Waals surface area (Å²) in [4.78, 5) is 13.1. The lowest BCUT2D eigenvalue weighted by molar-refractivity contribution is -0.991. The Morgan fingerprint density at radius 1 is 1.03 bits per heavy atom. The minimum Gasteiger partial charge on any atom is -0.595 e. The molecule has 0 aliphatic carbocycles. The van der Waals surface area contributed by atoms with Crippen molar-refractivity contribution in [1.82, 2.24) is 0 Å². The van der Waals surface area contributed by atoms with Gasteiger partial charge in [-0.05, 0) is 49.2 Å². The Morgan fingerprint density at radius 2 is 1.77 bits per heavy atom. The van der Waals surface area contributed by atoms with Crippen molar-refractivity contribution in [3.8, 4) is 0 Å². The van der Waals surface area contributed by atoms with Crippen molar-refractivity contribution in [2.45, 2.75) is 26.0 Å². The first kappa shape index (κ1) is 19.4. The Bertz CT molecular complexity index is 1190. The van der Waals surface area contributed by atoms with Gasteiger partial charge in [0.05, 0.1) is 23.5 Å². The highest BCUT2D eigenvalue weighted by Gasteiger charge is 2.46. The van der Waals surface area contributed by atoms with Crippen molar-refractivity contribution in [1.29, 1.82) is 0 Å². The molecule has 0 saturated heterocycles. The number of oxime groups is 1. The molecule has 0 amide bonds. The molecule has 0 aromatic heterocycles. The molecule has 3 aromatic rings. The third kappa shape index (κ3) is 3.38. The second kappa shape index (κ2) is 7.31. The normalized spacial score (nSPS) is 20.7. The summed E-state index contributed by atoms with van der Waals surface area (Å²) in [5, 5.41) is 23.9. The van der Waals surface area contributed by atoms with Crippen molar-refractivity contribution in [3.05, 3.63) is 94.7 Å². The number of hydrogen-bond donors (Lipinski definition) is 2. The summed E-state index contributed by atoms with van der Waals surface area (Å²) in [7, 11) is 0. The van der Waals surface area contributed by atoms with Crippen LogP contribution in [-0.4, -0.2) is 22.5 Å². The number of hydrogen-bond acceptors (Lipinski definition) is 6. The Balaban J connectivity index is 1.62. The summed E-state index contributed by atoms with van der Waals surface area (Å²) in [6.45, 7) is 4.05. The van der Waals surface area contributed by atoms with E-state index in [-0.39, 0.29) is 5.69 Å². The Kier molecular flexibility index (Phi) is 4.59. The maximum Gasteiger partial charge on any atom is 0.218 e. The third-order valence-corrected chi connectivity index (χ3v) is 5.63. The summed E-state index contributed by atoms with van der Waals surface area (Å²) in [6, 6.07) is 22.9. The highest BCUT2D eigenvalue weighted by molar-refractivity contribution is 6.15. The van der Waals surface area contributed by atoms with Crippen molar-refractivity contribution < 1.29 is 15.3 Å². The average Bonchev–Trinajstić information content (AvgIpc) is 3.04. The zero-order valence-corrected chi connectivity index (χ0v) is 17.2. The predicted octanol–water partition coefficient (Wildman–Crippen LogP) is 3.84. The van der Waals surface area contributed by atoms with Crippen LogP contribution in [0.2, 0.25) is 0 Å². The van der Waals surface area contributed by atoms with Crippen LogP contribution in [0, 0.1) is 12.1 Å². The fourth-order valence-electron chi connectivity index (χ4n) is 4.08. The number of anilines is 1. The number of benzene rings is 3. The first-order chi connectivity index (χ1) is 14.9. The van der Waals surface area contributed by atoms with Gasteiger partial charge in [-0.2, -0.15) is 5.23 Å². The van der Waals surface area contributed by atoms with E-state index >= 15 is 0 Å². The molecule has 0 saturated carbocycles. The Morgan fingerprint density at radius 3 is 2.48 bits per heavy atom. The lowest BCUT2D eigenvalue weighted by Gasteiger charge is -2.33. The van der Waals surface area contributed by atoms with E-state index in [0.717, 1.165) is 33.8 Å². The van der Waals surface area contributed by atoms with Gasteiger partial charge in [0.15, 0.2) is 11.5 Å². The second-order valence-electron chi connectivity index (χ2n) is 7.99. The minimum atomic E-state index is -0.961. The zero-order valence-electron chi connectivity index (χ0n) is 17.2. The molecule has 2 N–H and O–H groups in total. The summed E-state index contributed by atoms with van der Waals surface area (Å²) in [6.07, 6.45) is 0.533. The second-order valence-corrected chi connectivity index (χ2v) is 7.99. The first-order valence-corrected chi connectivity index (χ1v) is 10.1. The molecule has 2 unspecified atom stereocenters. The van der Waals surface area contributed by atoms with Crippen LogP contribution >= 0.6 is 0 Å². The predicted molar refractivity (Wildman–Crippen MR) is 119 cm³/mol. The molecule has 2 aliphatic rings. The van der Waals surface area contributed by atoms with Gasteiger partial charge in [0.25, 0.3) is 0 Å². The van der Waals surface area contributed by atoms with Gasteiger partial charge >= 0.3 is 0 Å². The lowest BCUT2D eigenvalue weighted by Crippen LogP contribution is -2.99. The Hall–Kier alpha value is -3.52. The number of rotatable bonds is 3. The molecular formula is C24H22N4O3. The molecule has 2 aliphatic heterocycles.